The highest BCUT2D eigenvalue weighted by molar-refractivity contribution is 7.18. The van der Waals surface area contributed by atoms with Gasteiger partial charge in [-0.15, -0.1) is 0 Å². The molecule has 0 aromatic rings. The molecule has 0 saturated carbocycles. The zero-order valence-corrected chi connectivity index (χ0v) is 7.21. The Balaban J connectivity index is 3.54. The third-order valence-electron chi connectivity index (χ3n) is 1.32. The van der Waals surface area contributed by atoms with Gasteiger partial charge in [-0.25, -0.2) is 4.57 Å². The first-order valence-corrected chi connectivity index (χ1v) is 4.09. The maximum absolute atomic E-state index is 10.7. The van der Waals surface area contributed by atoms with E-state index in [2.05, 4.69) is 4.52 Å². The topological polar surface area (TPSA) is 63.6 Å². The fourth-order valence-electron chi connectivity index (χ4n) is 0.642. The third-order valence-corrected chi connectivity index (χ3v) is 1.58. The van der Waals surface area contributed by atoms with Crippen molar-refractivity contribution < 1.29 is 19.0 Å². The summed E-state index contributed by atoms with van der Waals surface area (Å²) in [4.78, 5) is 10.7. The second-order valence-electron chi connectivity index (χ2n) is 2.25. The number of hydrogen-bond acceptors (Lipinski definition) is 4. The Hall–Kier alpha value is -0.470. The fraction of sp³-hybridized carbons (Fsp3) is 0.833. The van der Waals surface area contributed by atoms with Gasteiger partial charge in [0, 0.05) is 6.61 Å². The predicted molar refractivity (Wildman–Crippen MR) is 39.2 cm³/mol. The van der Waals surface area contributed by atoms with E-state index in [4.69, 9.17) is 5.11 Å². The maximum Gasteiger partial charge on any atom is 0.398 e. The Labute approximate surface area is 66.8 Å². The molecule has 0 aromatic heterocycles. The zero-order valence-electron chi connectivity index (χ0n) is 6.32. The number of aliphatic hydroxyl groups excluding tert-OH is 1. The minimum Gasteiger partial charge on any atom is -0.396 e. The minimum atomic E-state index is -0.608. The van der Waals surface area contributed by atoms with Crippen LogP contribution in [-0.4, -0.2) is 17.7 Å². The summed E-state index contributed by atoms with van der Waals surface area (Å²) >= 11 is 0. The van der Waals surface area contributed by atoms with Gasteiger partial charge in [0.15, 0.2) is 0 Å². The molecule has 0 heterocycles. The van der Waals surface area contributed by atoms with Gasteiger partial charge >= 0.3 is 14.7 Å². The van der Waals surface area contributed by atoms with Crippen molar-refractivity contribution in [2.24, 2.45) is 5.92 Å². The predicted octanol–water partition coefficient (Wildman–Crippen LogP) is 1.14. The molecule has 0 aliphatic heterocycles. The molecule has 0 rings (SSSR count). The number of carbonyl (C=O) groups excluding carboxylic acids is 1. The fourth-order valence-corrected chi connectivity index (χ4v) is 0.895. The first-order chi connectivity index (χ1) is 5.22. The molecule has 1 unspecified atom stereocenters. The molecule has 0 aliphatic rings. The number of rotatable bonds is 5. The van der Waals surface area contributed by atoms with E-state index in [9.17, 15) is 9.36 Å². The first-order valence-electron chi connectivity index (χ1n) is 3.36. The van der Waals surface area contributed by atoms with Crippen LogP contribution in [0.2, 0.25) is 0 Å². The van der Waals surface area contributed by atoms with E-state index in [0.29, 0.717) is 12.8 Å². The molecule has 5 heteroatoms. The molecule has 0 fully saturated rings. The van der Waals surface area contributed by atoms with Gasteiger partial charge in [-0.1, -0.05) is 6.92 Å². The summed E-state index contributed by atoms with van der Waals surface area (Å²) in [7, 11) is -0.608. The molecule has 0 saturated heterocycles. The van der Waals surface area contributed by atoms with Crippen molar-refractivity contribution in [1.82, 2.24) is 0 Å². The molecule has 0 aliphatic carbocycles. The molecule has 0 radical (unpaired) electrons. The van der Waals surface area contributed by atoms with Crippen LogP contribution in [0.15, 0.2) is 0 Å². The Morgan fingerprint density at radius 1 is 1.73 bits per heavy atom. The van der Waals surface area contributed by atoms with Gasteiger partial charge in [0.05, 0.1) is 5.92 Å². The summed E-state index contributed by atoms with van der Waals surface area (Å²) in [5.74, 6) is -0.779. The smallest absolute Gasteiger partial charge is 0.396 e. The second kappa shape index (κ2) is 6.25. The largest absolute Gasteiger partial charge is 0.398 e. The van der Waals surface area contributed by atoms with Crippen molar-refractivity contribution in [1.29, 1.82) is 0 Å². The molecule has 0 amide bonds. The number of carbonyl (C=O) groups is 1. The zero-order chi connectivity index (χ0) is 8.69. The van der Waals surface area contributed by atoms with Gasteiger partial charge in [0.2, 0.25) is 0 Å². The summed E-state index contributed by atoms with van der Waals surface area (Å²) in [5.41, 5.74) is 0. The van der Waals surface area contributed by atoms with Gasteiger partial charge in [-0.05, 0) is 12.8 Å². The lowest BCUT2D eigenvalue weighted by Crippen LogP contribution is -2.10. The molecule has 1 N–H and O–H groups in total. The van der Waals surface area contributed by atoms with Gasteiger partial charge in [0.1, 0.15) is 0 Å². The molecule has 1 atom stereocenters. The molecule has 0 bridgehead atoms. The Bertz CT molecular complexity index is 137. The van der Waals surface area contributed by atoms with Gasteiger partial charge in [-0.3, -0.25) is 4.79 Å². The summed E-state index contributed by atoms with van der Waals surface area (Å²) in [5, 5.41) is 8.41. The normalized spacial score (nSPS) is 12.9. The number of aliphatic hydroxyl groups is 1. The molecule has 0 spiro atoms. The first kappa shape index (κ1) is 10.5. The van der Waals surface area contributed by atoms with Crippen LogP contribution in [0.25, 0.3) is 0 Å². The van der Waals surface area contributed by atoms with Crippen LogP contribution in [-0.2, 0) is 13.9 Å². The van der Waals surface area contributed by atoms with Crippen molar-refractivity contribution in [2.45, 2.75) is 19.8 Å². The van der Waals surface area contributed by atoms with Crippen LogP contribution in [0.1, 0.15) is 19.8 Å². The van der Waals surface area contributed by atoms with Crippen molar-refractivity contribution in [3.05, 3.63) is 0 Å². The highest BCUT2D eigenvalue weighted by Gasteiger charge is 2.13. The summed E-state index contributed by atoms with van der Waals surface area (Å²) in [6.07, 6.45) is 1.12. The lowest BCUT2D eigenvalue weighted by molar-refractivity contribution is -0.137. The SMILES string of the molecule is CC(CCCO)C(=O)OP=O. The molecule has 4 nitrogen and oxygen atoms in total. The summed E-state index contributed by atoms with van der Waals surface area (Å²) in [6, 6.07) is 0. The quantitative estimate of drug-likeness (QED) is 0.641. The molecule has 11 heavy (non-hydrogen) atoms. The highest BCUT2D eigenvalue weighted by Crippen LogP contribution is 2.10. The van der Waals surface area contributed by atoms with Crippen molar-refractivity contribution in [3.63, 3.8) is 0 Å². The summed E-state index contributed by atoms with van der Waals surface area (Å²) < 4.78 is 14.0. The average molecular weight is 178 g/mol. The highest BCUT2D eigenvalue weighted by atomic mass is 31.1. The van der Waals surface area contributed by atoms with Crippen LogP contribution < -0.4 is 0 Å². The van der Waals surface area contributed by atoms with Crippen molar-refractivity contribution in [3.8, 4) is 0 Å². The van der Waals surface area contributed by atoms with Crippen molar-refractivity contribution in [2.75, 3.05) is 6.61 Å². The Morgan fingerprint density at radius 2 is 2.36 bits per heavy atom. The van der Waals surface area contributed by atoms with Crippen LogP contribution in [0.5, 0.6) is 0 Å². The number of hydrogen-bond donors (Lipinski definition) is 1. The maximum atomic E-state index is 10.7. The van der Waals surface area contributed by atoms with E-state index in [-0.39, 0.29) is 12.5 Å². The van der Waals surface area contributed by atoms with Crippen LogP contribution >= 0.6 is 8.69 Å². The average Bonchev–Trinajstić information content (AvgIpc) is 2.00. The molecule has 0 aromatic carbocycles. The van der Waals surface area contributed by atoms with Crippen LogP contribution in [0.3, 0.4) is 0 Å². The standard InChI is InChI=1S/C6H11O4P/c1-5(3-2-4-7)6(8)10-11-9/h5,7H,2-4H2,1H3. The third kappa shape index (κ3) is 4.87. The van der Waals surface area contributed by atoms with Crippen LogP contribution in [0, 0.1) is 5.92 Å². The van der Waals surface area contributed by atoms with Gasteiger partial charge in [-0.2, -0.15) is 0 Å². The summed E-state index contributed by atoms with van der Waals surface area (Å²) in [6.45, 7) is 1.73. The Kier molecular flexibility index (Phi) is 5.99. The van der Waals surface area contributed by atoms with E-state index in [1.54, 1.807) is 6.92 Å². The van der Waals surface area contributed by atoms with E-state index in [1.165, 1.54) is 0 Å². The van der Waals surface area contributed by atoms with E-state index < -0.39 is 14.7 Å². The van der Waals surface area contributed by atoms with E-state index in [1.807, 2.05) is 0 Å². The minimum absolute atomic E-state index is 0.0622. The van der Waals surface area contributed by atoms with Gasteiger partial charge in [0.25, 0.3) is 0 Å². The molecular formula is C6H11O4P. The van der Waals surface area contributed by atoms with E-state index >= 15 is 0 Å². The van der Waals surface area contributed by atoms with Gasteiger partial charge < -0.3 is 9.63 Å². The molecule has 64 valence electrons. The second-order valence-corrected chi connectivity index (χ2v) is 2.58. The molecular weight excluding hydrogens is 167 g/mol. The van der Waals surface area contributed by atoms with E-state index in [0.717, 1.165) is 0 Å². The Morgan fingerprint density at radius 3 is 2.82 bits per heavy atom. The van der Waals surface area contributed by atoms with Crippen LogP contribution in [0.4, 0.5) is 0 Å². The van der Waals surface area contributed by atoms with Crippen molar-refractivity contribution >= 4 is 14.7 Å². The monoisotopic (exact) mass is 178 g/mol. The lowest BCUT2D eigenvalue weighted by Gasteiger charge is -2.04. The lowest BCUT2D eigenvalue weighted by atomic mass is 10.1.